The van der Waals surface area contributed by atoms with Gasteiger partial charge in [-0.3, -0.25) is 4.79 Å². The summed E-state index contributed by atoms with van der Waals surface area (Å²) in [6, 6.07) is 6.57. The SMILES string of the molecule is Cc1cc(N2CC[C@H]3CNC[C@H]32)ccc1C(N)=O. The molecule has 2 atom stereocenters. The third-order valence-corrected chi connectivity index (χ3v) is 4.25. The number of anilines is 1. The number of carbonyl (C=O) groups is 1. The molecule has 18 heavy (non-hydrogen) atoms. The van der Waals surface area contributed by atoms with Crippen LogP contribution in [-0.4, -0.2) is 31.6 Å². The Morgan fingerprint density at radius 2 is 2.28 bits per heavy atom. The van der Waals surface area contributed by atoms with Gasteiger partial charge >= 0.3 is 0 Å². The van der Waals surface area contributed by atoms with E-state index in [0.29, 0.717) is 11.6 Å². The van der Waals surface area contributed by atoms with Gasteiger partial charge in [-0.1, -0.05) is 0 Å². The molecule has 0 radical (unpaired) electrons. The van der Waals surface area contributed by atoms with Crippen LogP contribution >= 0.6 is 0 Å². The van der Waals surface area contributed by atoms with Gasteiger partial charge in [0.25, 0.3) is 0 Å². The lowest BCUT2D eigenvalue weighted by Crippen LogP contribution is -2.34. The Bertz CT molecular complexity index is 486. The predicted molar refractivity (Wildman–Crippen MR) is 71.8 cm³/mol. The van der Waals surface area contributed by atoms with Gasteiger partial charge in [-0.05, 0) is 43.0 Å². The molecule has 0 unspecified atom stereocenters. The van der Waals surface area contributed by atoms with E-state index in [9.17, 15) is 4.79 Å². The maximum absolute atomic E-state index is 11.2. The van der Waals surface area contributed by atoms with Crippen molar-refractivity contribution in [2.75, 3.05) is 24.5 Å². The second-order valence-electron chi connectivity index (χ2n) is 5.33. The Hall–Kier alpha value is -1.55. The van der Waals surface area contributed by atoms with Crippen molar-refractivity contribution in [2.45, 2.75) is 19.4 Å². The fraction of sp³-hybridized carbons (Fsp3) is 0.500. The van der Waals surface area contributed by atoms with E-state index in [1.54, 1.807) is 0 Å². The maximum atomic E-state index is 11.2. The quantitative estimate of drug-likeness (QED) is 0.813. The molecule has 0 saturated carbocycles. The summed E-state index contributed by atoms with van der Waals surface area (Å²) >= 11 is 0. The summed E-state index contributed by atoms with van der Waals surface area (Å²) in [5.41, 5.74) is 8.15. The monoisotopic (exact) mass is 245 g/mol. The number of rotatable bonds is 2. The average molecular weight is 245 g/mol. The highest BCUT2D eigenvalue weighted by Gasteiger charge is 2.37. The summed E-state index contributed by atoms with van der Waals surface area (Å²) in [4.78, 5) is 13.7. The minimum absolute atomic E-state index is 0.346. The molecule has 2 aliphatic rings. The summed E-state index contributed by atoms with van der Waals surface area (Å²) < 4.78 is 0. The van der Waals surface area contributed by atoms with Crippen LogP contribution in [0.5, 0.6) is 0 Å². The van der Waals surface area contributed by atoms with Gasteiger partial charge < -0.3 is 16.0 Å². The number of nitrogens with one attached hydrogen (secondary N) is 1. The van der Waals surface area contributed by atoms with Crippen molar-refractivity contribution in [2.24, 2.45) is 11.7 Å². The molecule has 4 heteroatoms. The zero-order valence-corrected chi connectivity index (χ0v) is 10.6. The molecule has 0 aromatic heterocycles. The molecule has 3 rings (SSSR count). The fourth-order valence-corrected chi connectivity index (χ4v) is 3.27. The smallest absolute Gasteiger partial charge is 0.248 e. The molecular formula is C14H19N3O. The topological polar surface area (TPSA) is 58.4 Å². The van der Waals surface area contributed by atoms with Gasteiger partial charge in [-0.25, -0.2) is 0 Å². The van der Waals surface area contributed by atoms with Crippen molar-refractivity contribution < 1.29 is 4.79 Å². The van der Waals surface area contributed by atoms with Gasteiger partial charge in [0.2, 0.25) is 5.91 Å². The largest absolute Gasteiger partial charge is 0.367 e. The van der Waals surface area contributed by atoms with Crippen molar-refractivity contribution in [3.05, 3.63) is 29.3 Å². The molecule has 0 bridgehead atoms. The van der Waals surface area contributed by atoms with Crippen molar-refractivity contribution in [1.82, 2.24) is 5.32 Å². The van der Waals surface area contributed by atoms with Gasteiger partial charge in [0.05, 0.1) is 0 Å². The Kier molecular flexibility index (Phi) is 2.74. The van der Waals surface area contributed by atoms with Gasteiger partial charge in [-0.15, -0.1) is 0 Å². The first-order valence-corrected chi connectivity index (χ1v) is 6.54. The number of nitrogens with zero attached hydrogens (tertiary/aromatic N) is 1. The lowest BCUT2D eigenvalue weighted by atomic mass is 10.0. The third kappa shape index (κ3) is 1.77. The van der Waals surface area contributed by atoms with Crippen LogP contribution in [0.1, 0.15) is 22.3 Å². The average Bonchev–Trinajstić information content (AvgIpc) is 2.89. The predicted octanol–water partition coefficient (Wildman–Crippen LogP) is 0.892. The summed E-state index contributed by atoms with van der Waals surface area (Å²) in [5.74, 6) is 0.432. The van der Waals surface area contributed by atoms with Gasteiger partial charge in [-0.2, -0.15) is 0 Å². The van der Waals surface area contributed by atoms with Crippen molar-refractivity contribution in [3.8, 4) is 0 Å². The van der Waals surface area contributed by atoms with Crippen LogP contribution in [-0.2, 0) is 0 Å². The minimum atomic E-state index is -0.346. The summed E-state index contributed by atoms with van der Waals surface area (Å²) in [6.45, 7) is 5.28. The van der Waals surface area contributed by atoms with Gasteiger partial charge in [0.1, 0.15) is 0 Å². The summed E-state index contributed by atoms with van der Waals surface area (Å²) in [5, 5.41) is 3.45. The molecule has 2 heterocycles. The van der Waals surface area contributed by atoms with Gasteiger partial charge in [0, 0.05) is 36.9 Å². The Balaban J connectivity index is 1.89. The third-order valence-electron chi connectivity index (χ3n) is 4.25. The molecule has 96 valence electrons. The van der Waals surface area contributed by atoms with E-state index in [-0.39, 0.29) is 5.91 Å². The number of hydrogen-bond donors (Lipinski definition) is 2. The van der Waals surface area contributed by atoms with E-state index < -0.39 is 0 Å². The highest BCUT2D eigenvalue weighted by Crippen LogP contribution is 2.32. The van der Waals surface area contributed by atoms with Crippen molar-refractivity contribution in [1.29, 1.82) is 0 Å². The number of primary amides is 1. The van der Waals surface area contributed by atoms with Crippen LogP contribution in [0.4, 0.5) is 5.69 Å². The van der Waals surface area contributed by atoms with Crippen LogP contribution in [0.15, 0.2) is 18.2 Å². The highest BCUT2D eigenvalue weighted by atomic mass is 16.1. The second kappa shape index (κ2) is 4.28. The molecule has 0 spiro atoms. The summed E-state index contributed by atoms with van der Waals surface area (Å²) in [6.07, 6.45) is 1.26. The van der Waals surface area contributed by atoms with Crippen LogP contribution < -0.4 is 16.0 Å². The number of fused-ring (bicyclic) bond motifs is 1. The standard InChI is InChI=1S/C14H19N3O/c1-9-6-11(2-3-12(9)14(15)18)17-5-4-10-7-16-8-13(10)17/h2-3,6,10,13,16H,4-5,7-8H2,1H3,(H2,15,18)/t10-,13+/m0/s1. The molecule has 4 nitrogen and oxygen atoms in total. The molecule has 2 aliphatic heterocycles. The Morgan fingerprint density at radius 1 is 1.44 bits per heavy atom. The molecule has 2 fully saturated rings. The van der Waals surface area contributed by atoms with Crippen molar-refractivity contribution in [3.63, 3.8) is 0 Å². The first-order valence-electron chi connectivity index (χ1n) is 6.54. The fourth-order valence-electron chi connectivity index (χ4n) is 3.27. The molecule has 1 aromatic carbocycles. The van der Waals surface area contributed by atoms with E-state index in [0.717, 1.165) is 31.1 Å². The lowest BCUT2D eigenvalue weighted by molar-refractivity contribution is 0.1000. The normalized spacial score (nSPS) is 26.4. The van der Waals surface area contributed by atoms with E-state index in [2.05, 4.69) is 16.3 Å². The van der Waals surface area contributed by atoms with Crippen LogP contribution in [0.3, 0.4) is 0 Å². The van der Waals surface area contributed by atoms with Crippen LogP contribution in [0, 0.1) is 12.8 Å². The molecular weight excluding hydrogens is 226 g/mol. The Labute approximate surface area is 107 Å². The number of amides is 1. The van der Waals surface area contributed by atoms with Crippen molar-refractivity contribution >= 4 is 11.6 Å². The number of aryl methyl sites for hydroxylation is 1. The Morgan fingerprint density at radius 3 is 3.00 bits per heavy atom. The van der Waals surface area contributed by atoms with Crippen LogP contribution in [0.2, 0.25) is 0 Å². The zero-order valence-electron chi connectivity index (χ0n) is 10.6. The van der Waals surface area contributed by atoms with Crippen LogP contribution in [0.25, 0.3) is 0 Å². The highest BCUT2D eigenvalue weighted by molar-refractivity contribution is 5.94. The van der Waals surface area contributed by atoms with E-state index in [1.165, 1.54) is 12.1 Å². The first kappa shape index (κ1) is 11.5. The molecule has 1 amide bonds. The molecule has 3 N–H and O–H groups in total. The van der Waals surface area contributed by atoms with E-state index in [1.807, 2.05) is 19.1 Å². The minimum Gasteiger partial charge on any atom is -0.367 e. The zero-order chi connectivity index (χ0) is 12.7. The summed E-state index contributed by atoms with van der Waals surface area (Å²) in [7, 11) is 0. The maximum Gasteiger partial charge on any atom is 0.248 e. The van der Waals surface area contributed by atoms with E-state index >= 15 is 0 Å². The number of nitrogens with two attached hydrogens (primary N) is 1. The molecule has 0 aliphatic carbocycles. The molecule has 1 aromatic rings. The van der Waals surface area contributed by atoms with Gasteiger partial charge in [0.15, 0.2) is 0 Å². The number of hydrogen-bond acceptors (Lipinski definition) is 3. The second-order valence-corrected chi connectivity index (χ2v) is 5.33. The number of carbonyl (C=O) groups excluding carboxylic acids is 1. The lowest BCUT2D eigenvalue weighted by Gasteiger charge is -2.26. The molecule has 2 saturated heterocycles. The number of benzene rings is 1. The first-order chi connectivity index (χ1) is 8.66. The van der Waals surface area contributed by atoms with E-state index in [4.69, 9.17) is 5.73 Å².